The number of nitrogens with zero attached hydrogens (tertiary/aromatic N) is 2. The third-order valence-corrected chi connectivity index (χ3v) is 5.02. The normalized spacial score (nSPS) is 13.5. The third-order valence-electron chi connectivity index (χ3n) is 3.96. The molecule has 0 fully saturated rings. The van der Waals surface area contributed by atoms with E-state index in [1.807, 2.05) is 0 Å². The summed E-state index contributed by atoms with van der Waals surface area (Å²) in [6.45, 7) is 1.03. The first-order valence-electron chi connectivity index (χ1n) is 8.08. The number of rotatable bonds is 5. The lowest BCUT2D eigenvalue weighted by Crippen LogP contribution is -2.32. The number of hydrogen-bond donors (Lipinski definition) is 0. The maximum absolute atomic E-state index is 13.8. The second-order valence-electron chi connectivity index (χ2n) is 5.60. The fourth-order valence-corrected chi connectivity index (χ4v) is 3.61. The molecule has 1 aliphatic rings. The number of aliphatic imine (C=N–C) groups is 1. The van der Waals surface area contributed by atoms with E-state index in [4.69, 9.17) is 9.47 Å². The first kappa shape index (κ1) is 18.3. The molecule has 1 aliphatic heterocycles. The number of ether oxygens (including phenoxy) is 2. The maximum atomic E-state index is 13.8. The quantitative estimate of drug-likeness (QED) is 0.803. The molecule has 26 heavy (non-hydrogen) atoms. The van der Waals surface area contributed by atoms with Crippen LogP contribution in [0, 0.1) is 5.82 Å². The molecule has 1 amide bonds. The van der Waals surface area contributed by atoms with Crippen LogP contribution in [-0.4, -0.2) is 43.3 Å². The van der Waals surface area contributed by atoms with Gasteiger partial charge in [0.2, 0.25) is 0 Å². The van der Waals surface area contributed by atoms with Crippen molar-refractivity contribution in [2.24, 2.45) is 4.99 Å². The van der Waals surface area contributed by atoms with Crippen LogP contribution in [0.25, 0.3) is 0 Å². The van der Waals surface area contributed by atoms with Gasteiger partial charge >= 0.3 is 0 Å². The van der Waals surface area contributed by atoms with Crippen molar-refractivity contribution in [3.05, 3.63) is 59.4 Å². The van der Waals surface area contributed by atoms with Crippen molar-refractivity contribution >= 4 is 22.8 Å². The minimum Gasteiger partial charge on any atom is -0.497 e. The molecular weight excluding hydrogens is 355 g/mol. The molecule has 0 unspecified atom stereocenters. The maximum Gasteiger partial charge on any atom is 0.260 e. The summed E-state index contributed by atoms with van der Waals surface area (Å²) >= 11 is 1.35. The van der Waals surface area contributed by atoms with Crippen molar-refractivity contribution in [3.8, 4) is 11.5 Å². The Kier molecular flexibility index (Phi) is 5.78. The van der Waals surface area contributed by atoms with E-state index < -0.39 is 0 Å². The van der Waals surface area contributed by atoms with Crippen LogP contribution in [0.4, 0.5) is 4.39 Å². The van der Waals surface area contributed by atoms with Crippen molar-refractivity contribution in [2.75, 3.05) is 27.3 Å². The van der Waals surface area contributed by atoms with E-state index in [1.54, 1.807) is 41.3 Å². The number of amides is 1. The lowest BCUT2D eigenvalue weighted by molar-refractivity contribution is 0.0860. The summed E-state index contributed by atoms with van der Waals surface area (Å²) in [6, 6.07) is 11.7. The third kappa shape index (κ3) is 3.99. The highest BCUT2D eigenvalue weighted by atomic mass is 32.2. The van der Waals surface area contributed by atoms with Crippen molar-refractivity contribution in [1.82, 2.24) is 4.90 Å². The number of carbonyl (C=O) groups excluding carboxylic acids is 1. The van der Waals surface area contributed by atoms with E-state index in [2.05, 4.69) is 4.99 Å². The van der Waals surface area contributed by atoms with Gasteiger partial charge in [0.05, 0.1) is 20.8 Å². The van der Waals surface area contributed by atoms with Gasteiger partial charge in [0.25, 0.3) is 5.91 Å². The van der Waals surface area contributed by atoms with Crippen LogP contribution in [0.2, 0.25) is 0 Å². The highest BCUT2D eigenvalue weighted by Gasteiger charge is 2.26. The van der Waals surface area contributed by atoms with Gasteiger partial charge < -0.3 is 9.47 Å². The number of hydrogen-bond acceptors (Lipinski definition) is 5. The first-order chi connectivity index (χ1) is 12.6. The molecule has 0 radical (unpaired) electrons. The molecule has 0 bridgehead atoms. The minimum atomic E-state index is -0.256. The molecule has 7 heteroatoms. The lowest BCUT2D eigenvalue weighted by Gasteiger charge is -2.19. The molecule has 0 aromatic heterocycles. The summed E-state index contributed by atoms with van der Waals surface area (Å²) in [5, 5.41) is 0.597. The van der Waals surface area contributed by atoms with Gasteiger partial charge in [0.1, 0.15) is 17.3 Å². The van der Waals surface area contributed by atoms with Gasteiger partial charge in [-0.3, -0.25) is 14.7 Å². The zero-order chi connectivity index (χ0) is 18.5. The van der Waals surface area contributed by atoms with E-state index >= 15 is 0 Å². The van der Waals surface area contributed by atoms with E-state index in [0.29, 0.717) is 46.6 Å². The topological polar surface area (TPSA) is 51.1 Å². The summed E-state index contributed by atoms with van der Waals surface area (Å²) < 4.78 is 24.2. The molecule has 0 atom stereocenters. The largest absolute Gasteiger partial charge is 0.497 e. The van der Waals surface area contributed by atoms with Gasteiger partial charge in [0.15, 0.2) is 5.17 Å². The molecule has 0 spiro atoms. The van der Waals surface area contributed by atoms with Crippen LogP contribution in [0.5, 0.6) is 11.5 Å². The number of benzene rings is 2. The second-order valence-corrected chi connectivity index (χ2v) is 6.55. The fourth-order valence-electron chi connectivity index (χ4n) is 2.58. The van der Waals surface area contributed by atoms with Crippen LogP contribution in [0.3, 0.4) is 0 Å². The molecule has 0 saturated carbocycles. The molecule has 5 nitrogen and oxygen atoms in total. The number of methoxy groups -OCH3 is 2. The van der Waals surface area contributed by atoms with Gasteiger partial charge in [-0.2, -0.15) is 0 Å². The van der Waals surface area contributed by atoms with Crippen LogP contribution in [0.1, 0.15) is 15.9 Å². The van der Waals surface area contributed by atoms with Crippen molar-refractivity contribution in [2.45, 2.75) is 5.75 Å². The van der Waals surface area contributed by atoms with Gasteiger partial charge in [-0.05, 0) is 23.8 Å². The van der Waals surface area contributed by atoms with Crippen molar-refractivity contribution < 1.29 is 18.7 Å². The smallest absolute Gasteiger partial charge is 0.260 e. The number of halogens is 1. The Bertz CT molecular complexity index is 819. The van der Waals surface area contributed by atoms with Crippen LogP contribution in [-0.2, 0) is 5.75 Å². The average molecular weight is 374 g/mol. The molecular formula is C19H19FN2O3S. The summed E-state index contributed by atoms with van der Waals surface area (Å²) in [4.78, 5) is 18.9. The van der Waals surface area contributed by atoms with Crippen molar-refractivity contribution in [1.29, 1.82) is 0 Å². The molecule has 3 rings (SSSR count). The lowest BCUT2D eigenvalue weighted by atomic mass is 10.1. The van der Waals surface area contributed by atoms with Crippen LogP contribution >= 0.6 is 11.8 Å². The molecule has 0 saturated heterocycles. The SMILES string of the molecule is COc1cc(OC)cc(C(=O)N2CCN=C2SCc2ccccc2F)c1. The fraction of sp³-hybridized carbons (Fsp3) is 0.263. The van der Waals surface area contributed by atoms with E-state index in [1.165, 1.54) is 32.0 Å². The molecule has 0 aliphatic carbocycles. The molecule has 1 heterocycles. The van der Waals surface area contributed by atoms with Crippen LogP contribution in [0.15, 0.2) is 47.5 Å². The van der Waals surface area contributed by atoms with Gasteiger partial charge in [-0.25, -0.2) is 4.39 Å². The molecule has 2 aromatic rings. The summed E-state index contributed by atoms with van der Waals surface area (Å²) in [5.74, 6) is 1.07. The standard InChI is InChI=1S/C19H19FN2O3S/c1-24-15-9-14(10-16(11-15)25-2)18(23)22-8-7-21-19(22)26-12-13-5-3-4-6-17(13)20/h3-6,9-11H,7-8,12H2,1-2H3. The Labute approximate surface area is 155 Å². The van der Waals surface area contributed by atoms with Crippen LogP contribution < -0.4 is 9.47 Å². The monoisotopic (exact) mass is 374 g/mol. The first-order valence-corrected chi connectivity index (χ1v) is 9.06. The molecule has 136 valence electrons. The number of thioether (sulfide) groups is 1. The summed E-state index contributed by atoms with van der Waals surface area (Å²) in [6.07, 6.45) is 0. The number of amidine groups is 1. The summed E-state index contributed by atoms with van der Waals surface area (Å²) in [7, 11) is 3.08. The van der Waals surface area contributed by atoms with E-state index in [9.17, 15) is 9.18 Å². The Morgan fingerprint density at radius 1 is 1.19 bits per heavy atom. The Hall–Kier alpha value is -2.54. The average Bonchev–Trinajstić information content (AvgIpc) is 3.14. The van der Waals surface area contributed by atoms with E-state index in [-0.39, 0.29) is 11.7 Å². The Morgan fingerprint density at radius 2 is 1.88 bits per heavy atom. The Balaban J connectivity index is 1.75. The molecule has 2 aromatic carbocycles. The van der Waals surface area contributed by atoms with Gasteiger partial charge in [0, 0.05) is 23.9 Å². The zero-order valence-electron chi connectivity index (χ0n) is 14.6. The predicted molar refractivity (Wildman–Crippen MR) is 101 cm³/mol. The van der Waals surface area contributed by atoms with Gasteiger partial charge in [-0.15, -0.1) is 0 Å². The molecule has 0 N–H and O–H groups in total. The highest BCUT2D eigenvalue weighted by Crippen LogP contribution is 2.26. The predicted octanol–water partition coefficient (Wildman–Crippen LogP) is 3.59. The highest BCUT2D eigenvalue weighted by molar-refractivity contribution is 8.13. The van der Waals surface area contributed by atoms with E-state index in [0.717, 1.165) is 0 Å². The van der Waals surface area contributed by atoms with Crippen molar-refractivity contribution in [3.63, 3.8) is 0 Å². The summed E-state index contributed by atoms with van der Waals surface area (Å²) in [5.41, 5.74) is 1.05. The van der Waals surface area contributed by atoms with Gasteiger partial charge in [-0.1, -0.05) is 30.0 Å². The second kappa shape index (κ2) is 8.23. The Morgan fingerprint density at radius 3 is 2.54 bits per heavy atom. The zero-order valence-corrected chi connectivity index (χ0v) is 15.4. The minimum absolute atomic E-state index is 0.181. The number of carbonyl (C=O) groups is 1.